The third-order valence-electron chi connectivity index (χ3n) is 3.85. The summed E-state index contributed by atoms with van der Waals surface area (Å²) in [6.45, 7) is 0.349. The molecular weight excluding hydrogens is 365 g/mol. The molecule has 1 aliphatic heterocycles. The standard InChI is InChI=1S/C21H14FNO3S/c22-16-7-3-15(4-8-16)13-25-17-9-5-14(6-10-17)12-18-21(24)26-20(23-18)19-2-1-11-27-19/h1-12H,13H2/b18-12-. The molecule has 0 atom stereocenters. The number of aliphatic imine (C=N–C) groups is 1. The van der Waals surface area contributed by atoms with Crippen LogP contribution < -0.4 is 4.74 Å². The van der Waals surface area contributed by atoms with Crippen LogP contribution in [-0.2, 0) is 16.1 Å². The lowest BCUT2D eigenvalue weighted by Gasteiger charge is -2.06. The van der Waals surface area contributed by atoms with Gasteiger partial charge in [-0.25, -0.2) is 14.2 Å². The number of nitrogens with zero attached hydrogens (tertiary/aromatic N) is 1. The van der Waals surface area contributed by atoms with E-state index in [1.807, 2.05) is 29.6 Å². The SMILES string of the molecule is O=C1OC(c2cccs2)=N/C1=C\c1ccc(OCc2ccc(F)cc2)cc1. The molecule has 2 heterocycles. The molecule has 27 heavy (non-hydrogen) atoms. The summed E-state index contributed by atoms with van der Waals surface area (Å²) in [5.74, 6) is 0.278. The molecular formula is C21H14FNO3S. The van der Waals surface area contributed by atoms with Gasteiger partial charge in [0.2, 0.25) is 5.90 Å². The van der Waals surface area contributed by atoms with Gasteiger partial charge < -0.3 is 9.47 Å². The normalized spacial score (nSPS) is 14.9. The molecule has 1 aromatic heterocycles. The third-order valence-corrected chi connectivity index (χ3v) is 4.71. The number of carbonyl (C=O) groups excluding carboxylic acids is 1. The van der Waals surface area contributed by atoms with Gasteiger partial charge >= 0.3 is 5.97 Å². The van der Waals surface area contributed by atoms with Crippen molar-refractivity contribution in [3.8, 4) is 5.75 Å². The van der Waals surface area contributed by atoms with Crippen molar-refractivity contribution in [1.82, 2.24) is 0 Å². The van der Waals surface area contributed by atoms with E-state index in [2.05, 4.69) is 4.99 Å². The minimum absolute atomic E-state index is 0.262. The van der Waals surface area contributed by atoms with Crippen LogP contribution in [0.4, 0.5) is 4.39 Å². The summed E-state index contributed by atoms with van der Waals surface area (Å²) in [4.78, 5) is 17.1. The molecule has 0 saturated heterocycles. The molecule has 4 nitrogen and oxygen atoms in total. The molecule has 0 radical (unpaired) electrons. The lowest BCUT2D eigenvalue weighted by Crippen LogP contribution is -2.03. The first kappa shape index (κ1) is 17.2. The Balaban J connectivity index is 1.43. The van der Waals surface area contributed by atoms with E-state index >= 15 is 0 Å². The van der Waals surface area contributed by atoms with E-state index in [1.54, 1.807) is 30.3 Å². The third kappa shape index (κ3) is 4.12. The molecule has 0 fully saturated rings. The fourth-order valence-corrected chi connectivity index (χ4v) is 3.13. The number of carbonyl (C=O) groups is 1. The zero-order valence-electron chi connectivity index (χ0n) is 14.1. The Kier molecular flexibility index (Phi) is 4.80. The van der Waals surface area contributed by atoms with Gasteiger partial charge in [-0.15, -0.1) is 11.3 Å². The second kappa shape index (κ2) is 7.55. The van der Waals surface area contributed by atoms with Crippen LogP contribution in [0.3, 0.4) is 0 Å². The van der Waals surface area contributed by atoms with Crippen molar-refractivity contribution in [2.45, 2.75) is 6.61 Å². The van der Waals surface area contributed by atoms with E-state index in [-0.39, 0.29) is 11.5 Å². The average Bonchev–Trinajstić information content (AvgIpc) is 3.33. The van der Waals surface area contributed by atoms with E-state index in [1.165, 1.54) is 23.5 Å². The summed E-state index contributed by atoms with van der Waals surface area (Å²) in [6.07, 6.45) is 1.67. The topological polar surface area (TPSA) is 47.9 Å². The summed E-state index contributed by atoms with van der Waals surface area (Å²) < 4.78 is 23.8. The van der Waals surface area contributed by atoms with Crippen LogP contribution in [0.5, 0.6) is 5.75 Å². The summed E-state index contributed by atoms with van der Waals surface area (Å²) in [7, 11) is 0. The molecule has 3 aromatic rings. The van der Waals surface area contributed by atoms with Crippen LogP contribution >= 0.6 is 11.3 Å². The number of cyclic esters (lactones) is 1. The van der Waals surface area contributed by atoms with Crippen LogP contribution in [0.15, 0.2) is 76.7 Å². The van der Waals surface area contributed by atoms with E-state index < -0.39 is 5.97 Å². The fourth-order valence-electron chi connectivity index (χ4n) is 2.48. The highest BCUT2D eigenvalue weighted by atomic mass is 32.1. The van der Waals surface area contributed by atoms with Crippen molar-refractivity contribution in [2.24, 2.45) is 4.99 Å². The predicted molar refractivity (Wildman–Crippen MR) is 102 cm³/mol. The van der Waals surface area contributed by atoms with Crippen molar-refractivity contribution < 1.29 is 18.7 Å². The first-order valence-corrected chi connectivity index (χ1v) is 9.09. The summed E-state index contributed by atoms with van der Waals surface area (Å²) in [5.41, 5.74) is 1.96. The number of halogens is 1. The number of esters is 1. The Morgan fingerprint density at radius 3 is 2.56 bits per heavy atom. The smallest absolute Gasteiger partial charge is 0.363 e. The van der Waals surface area contributed by atoms with Crippen molar-refractivity contribution in [2.75, 3.05) is 0 Å². The molecule has 0 saturated carbocycles. The van der Waals surface area contributed by atoms with Gasteiger partial charge in [-0.1, -0.05) is 30.3 Å². The van der Waals surface area contributed by atoms with Gasteiger partial charge in [0.05, 0.1) is 4.88 Å². The second-order valence-corrected chi connectivity index (χ2v) is 6.75. The Hall–Kier alpha value is -3.25. The van der Waals surface area contributed by atoms with Crippen LogP contribution in [0.1, 0.15) is 16.0 Å². The highest BCUT2D eigenvalue weighted by molar-refractivity contribution is 7.12. The molecule has 0 bridgehead atoms. The average molecular weight is 379 g/mol. The van der Waals surface area contributed by atoms with Crippen molar-refractivity contribution >= 4 is 29.3 Å². The van der Waals surface area contributed by atoms with Crippen molar-refractivity contribution in [1.29, 1.82) is 0 Å². The molecule has 0 aliphatic carbocycles. The number of rotatable bonds is 5. The van der Waals surface area contributed by atoms with Crippen molar-refractivity contribution in [3.63, 3.8) is 0 Å². The van der Waals surface area contributed by atoms with E-state index in [0.29, 0.717) is 18.3 Å². The first-order chi connectivity index (χ1) is 13.2. The van der Waals surface area contributed by atoms with Crippen LogP contribution in [0.2, 0.25) is 0 Å². The quantitative estimate of drug-likeness (QED) is 0.472. The molecule has 6 heteroatoms. The summed E-state index contributed by atoms with van der Waals surface area (Å²) in [6, 6.07) is 17.2. The molecule has 134 valence electrons. The Morgan fingerprint density at radius 2 is 1.85 bits per heavy atom. The molecule has 2 aromatic carbocycles. The van der Waals surface area contributed by atoms with Gasteiger partial charge in [-0.05, 0) is 52.9 Å². The molecule has 1 aliphatic rings. The van der Waals surface area contributed by atoms with Gasteiger partial charge in [-0.3, -0.25) is 0 Å². The monoisotopic (exact) mass is 379 g/mol. The molecule has 4 rings (SSSR count). The number of ether oxygens (including phenoxy) is 2. The van der Waals surface area contributed by atoms with E-state index in [4.69, 9.17) is 9.47 Å². The lowest BCUT2D eigenvalue weighted by atomic mass is 10.2. The predicted octanol–water partition coefficient (Wildman–Crippen LogP) is 4.81. The van der Waals surface area contributed by atoms with E-state index in [0.717, 1.165) is 16.0 Å². The van der Waals surface area contributed by atoms with E-state index in [9.17, 15) is 9.18 Å². The maximum absolute atomic E-state index is 12.9. The molecule has 0 spiro atoms. The first-order valence-electron chi connectivity index (χ1n) is 8.21. The number of benzene rings is 2. The largest absolute Gasteiger partial charge is 0.489 e. The minimum atomic E-state index is -0.463. The Labute approximate surface area is 159 Å². The summed E-state index contributed by atoms with van der Waals surface area (Å²) >= 11 is 1.46. The Bertz CT molecular complexity index is 1010. The maximum atomic E-state index is 12.9. The zero-order chi connectivity index (χ0) is 18.6. The van der Waals surface area contributed by atoms with Gasteiger partial charge in [0, 0.05) is 0 Å². The Morgan fingerprint density at radius 1 is 1.07 bits per heavy atom. The fraction of sp³-hybridized carbons (Fsp3) is 0.0476. The van der Waals surface area contributed by atoms with Crippen LogP contribution in [0.25, 0.3) is 6.08 Å². The second-order valence-electron chi connectivity index (χ2n) is 5.80. The highest BCUT2D eigenvalue weighted by Crippen LogP contribution is 2.22. The van der Waals surface area contributed by atoms with Crippen LogP contribution in [-0.4, -0.2) is 11.9 Å². The lowest BCUT2D eigenvalue weighted by molar-refractivity contribution is -0.129. The van der Waals surface area contributed by atoms with Gasteiger partial charge in [0.15, 0.2) is 5.70 Å². The number of hydrogen-bond donors (Lipinski definition) is 0. The summed E-state index contributed by atoms with van der Waals surface area (Å²) in [5, 5.41) is 1.90. The highest BCUT2D eigenvalue weighted by Gasteiger charge is 2.24. The van der Waals surface area contributed by atoms with Gasteiger partial charge in [0.1, 0.15) is 18.2 Å². The molecule has 0 N–H and O–H groups in total. The zero-order valence-corrected chi connectivity index (χ0v) is 14.9. The van der Waals surface area contributed by atoms with Gasteiger partial charge in [0.25, 0.3) is 0 Å². The van der Waals surface area contributed by atoms with Crippen molar-refractivity contribution in [3.05, 3.63) is 93.6 Å². The van der Waals surface area contributed by atoms with Crippen LogP contribution in [0, 0.1) is 5.82 Å². The number of thiophene rings is 1. The maximum Gasteiger partial charge on any atom is 0.363 e. The number of hydrogen-bond acceptors (Lipinski definition) is 5. The minimum Gasteiger partial charge on any atom is -0.489 e. The molecule has 0 unspecified atom stereocenters. The molecule has 0 amide bonds. The van der Waals surface area contributed by atoms with Gasteiger partial charge in [-0.2, -0.15) is 0 Å².